The highest BCUT2D eigenvalue weighted by Gasteiger charge is 2.66. The fourth-order valence-electron chi connectivity index (χ4n) is 4.53. The molecule has 4 rings (SSSR count). The van der Waals surface area contributed by atoms with E-state index in [-0.39, 0.29) is 17.9 Å². The van der Waals surface area contributed by atoms with Crippen LogP contribution in [0.5, 0.6) is 0 Å². The SMILES string of the molecule is CC(C)CCN1C[C@@]23C=C[C@@H](O2)C(C(=O)N(C)Cc2ccccn2)C3C1=O. The maximum atomic E-state index is 13.2. The van der Waals surface area contributed by atoms with Crippen molar-refractivity contribution in [2.24, 2.45) is 17.8 Å². The average molecular weight is 369 g/mol. The van der Waals surface area contributed by atoms with Crippen molar-refractivity contribution in [2.75, 3.05) is 20.1 Å². The van der Waals surface area contributed by atoms with Crippen LogP contribution in [0.4, 0.5) is 0 Å². The Morgan fingerprint density at radius 2 is 2.26 bits per heavy atom. The first-order valence-electron chi connectivity index (χ1n) is 9.72. The lowest BCUT2D eigenvalue weighted by atomic mass is 9.76. The molecule has 0 aliphatic carbocycles. The average Bonchev–Trinajstić information content (AvgIpc) is 3.28. The molecule has 2 bridgehead atoms. The van der Waals surface area contributed by atoms with Crippen LogP contribution in [0.3, 0.4) is 0 Å². The normalized spacial score (nSPS) is 31.0. The lowest BCUT2D eigenvalue weighted by Gasteiger charge is -2.27. The molecular weight excluding hydrogens is 342 g/mol. The minimum Gasteiger partial charge on any atom is -0.360 e. The van der Waals surface area contributed by atoms with Gasteiger partial charge in [-0.3, -0.25) is 14.6 Å². The number of ether oxygens (including phenoxy) is 1. The van der Waals surface area contributed by atoms with Crippen molar-refractivity contribution in [2.45, 2.75) is 38.5 Å². The number of hydrogen-bond donors (Lipinski definition) is 0. The van der Waals surface area contributed by atoms with E-state index >= 15 is 0 Å². The van der Waals surface area contributed by atoms with Crippen LogP contribution < -0.4 is 0 Å². The van der Waals surface area contributed by atoms with Gasteiger partial charge in [-0.05, 0) is 24.5 Å². The topological polar surface area (TPSA) is 62.7 Å². The van der Waals surface area contributed by atoms with E-state index in [1.165, 1.54) is 0 Å². The molecule has 6 nitrogen and oxygen atoms in total. The van der Waals surface area contributed by atoms with Gasteiger partial charge in [0, 0.05) is 19.8 Å². The summed E-state index contributed by atoms with van der Waals surface area (Å²) in [6.45, 7) is 6.02. The van der Waals surface area contributed by atoms with Crippen LogP contribution in [0, 0.1) is 17.8 Å². The number of pyridine rings is 1. The van der Waals surface area contributed by atoms with Crippen LogP contribution in [-0.2, 0) is 20.9 Å². The fraction of sp³-hybridized carbons (Fsp3) is 0.571. The number of aromatic nitrogens is 1. The molecule has 4 atom stereocenters. The molecule has 0 saturated carbocycles. The summed E-state index contributed by atoms with van der Waals surface area (Å²) in [6, 6.07) is 5.66. The molecule has 2 unspecified atom stereocenters. The molecular formula is C21H27N3O3. The summed E-state index contributed by atoms with van der Waals surface area (Å²) in [5.41, 5.74) is 0.212. The highest BCUT2D eigenvalue weighted by atomic mass is 16.5. The zero-order valence-corrected chi connectivity index (χ0v) is 16.2. The van der Waals surface area contributed by atoms with Crippen molar-refractivity contribution in [1.29, 1.82) is 0 Å². The second kappa shape index (κ2) is 6.75. The molecule has 3 aliphatic rings. The van der Waals surface area contributed by atoms with Crippen LogP contribution in [0.25, 0.3) is 0 Å². The van der Waals surface area contributed by atoms with Crippen molar-refractivity contribution in [3.8, 4) is 0 Å². The van der Waals surface area contributed by atoms with Crippen LogP contribution in [-0.4, -0.2) is 58.4 Å². The zero-order valence-electron chi connectivity index (χ0n) is 16.2. The van der Waals surface area contributed by atoms with E-state index in [4.69, 9.17) is 4.74 Å². The summed E-state index contributed by atoms with van der Waals surface area (Å²) >= 11 is 0. The van der Waals surface area contributed by atoms with E-state index in [1.54, 1.807) is 18.1 Å². The molecule has 3 aliphatic heterocycles. The Hall–Kier alpha value is -2.21. The Morgan fingerprint density at radius 3 is 2.96 bits per heavy atom. The number of carbonyl (C=O) groups excluding carboxylic acids is 2. The molecule has 0 N–H and O–H groups in total. The smallest absolute Gasteiger partial charge is 0.230 e. The lowest BCUT2D eigenvalue weighted by molar-refractivity contribution is -0.142. The minimum absolute atomic E-state index is 0.0408. The van der Waals surface area contributed by atoms with Gasteiger partial charge in [-0.2, -0.15) is 0 Å². The number of amides is 2. The van der Waals surface area contributed by atoms with Crippen LogP contribution in [0.1, 0.15) is 26.0 Å². The van der Waals surface area contributed by atoms with Crippen LogP contribution >= 0.6 is 0 Å². The Balaban J connectivity index is 1.51. The standard InChI is InChI=1S/C21H27N3O3/c1-14(2)8-11-24-13-21-9-7-16(27-21)17(18(21)20(24)26)19(25)23(3)12-15-6-4-5-10-22-15/h4-7,9-10,14,16-18H,8,11-13H2,1-3H3/t16-,17?,18?,21-/m1/s1. The predicted octanol–water partition coefficient (Wildman–Crippen LogP) is 1.87. The van der Waals surface area contributed by atoms with Gasteiger partial charge in [0.25, 0.3) is 0 Å². The molecule has 6 heteroatoms. The fourth-order valence-corrected chi connectivity index (χ4v) is 4.53. The summed E-state index contributed by atoms with van der Waals surface area (Å²) in [5, 5.41) is 0. The van der Waals surface area contributed by atoms with E-state index in [0.717, 1.165) is 18.7 Å². The van der Waals surface area contributed by atoms with Crippen molar-refractivity contribution in [3.63, 3.8) is 0 Å². The van der Waals surface area contributed by atoms with Crippen LogP contribution in [0.2, 0.25) is 0 Å². The Kier molecular flexibility index (Phi) is 4.54. The Labute approximate surface area is 160 Å². The van der Waals surface area contributed by atoms with E-state index in [9.17, 15) is 9.59 Å². The van der Waals surface area contributed by atoms with Gasteiger partial charge in [-0.25, -0.2) is 0 Å². The number of rotatable bonds is 6. The molecule has 1 spiro atoms. The van der Waals surface area contributed by atoms with Gasteiger partial charge in [-0.15, -0.1) is 0 Å². The summed E-state index contributed by atoms with van der Waals surface area (Å²) in [7, 11) is 1.77. The molecule has 144 valence electrons. The Bertz CT molecular complexity index is 763. The van der Waals surface area contributed by atoms with Gasteiger partial charge in [0.2, 0.25) is 11.8 Å². The third-order valence-electron chi connectivity index (χ3n) is 5.94. The second-order valence-electron chi connectivity index (χ2n) is 8.36. The predicted molar refractivity (Wildman–Crippen MR) is 100 cm³/mol. The molecule has 4 heterocycles. The van der Waals surface area contributed by atoms with Crippen molar-refractivity contribution < 1.29 is 14.3 Å². The summed E-state index contributed by atoms with van der Waals surface area (Å²) in [4.78, 5) is 34.2. The minimum atomic E-state index is -0.620. The first kappa shape index (κ1) is 18.2. The lowest BCUT2D eigenvalue weighted by Crippen LogP contribution is -2.44. The maximum absolute atomic E-state index is 13.2. The number of hydrogen-bond acceptors (Lipinski definition) is 4. The number of carbonyl (C=O) groups is 2. The van der Waals surface area contributed by atoms with Gasteiger partial charge in [0.05, 0.1) is 36.7 Å². The van der Waals surface area contributed by atoms with Crippen molar-refractivity contribution >= 4 is 11.8 Å². The molecule has 27 heavy (non-hydrogen) atoms. The highest BCUT2D eigenvalue weighted by Crippen LogP contribution is 2.52. The van der Waals surface area contributed by atoms with E-state index in [0.29, 0.717) is 19.0 Å². The number of nitrogens with zero attached hydrogens (tertiary/aromatic N) is 3. The third-order valence-corrected chi connectivity index (χ3v) is 5.94. The summed E-state index contributed by atoms with van der Waals surface area (Å²) < 4.78 is 6.19. The molecule has 2 saturated heterocycles. The molecule has 0 aromatic carbocycles. The monoisotopic (exact) mass is 369 g/mol. The summed E-state index contributed by atoms with van der Waals surface area (Å²) in [6.07, 6.45) is 6.36. The highest BCUT2D eigenvalue weighted by molar-refractivity contribution is 5.93. The van der Waals surface area contributed by atoms with E-state index < -0.39 is 17.4 Å². The molecule has 0 radical (unpaired) electrons. The molecule has 1 aromatic rings. The Morgan fingerprint density at radius 1 is 1.44 bits per heavy atom. The van der Waals surface area contributed by atoms with Gasteiger partial charge >= 0.3 is 0 Å². The molecule has 2 fully saturated rings. The van der Waals surface area contributed by atoms with Crippen LogP contribution in [0.15, 0.2) is 36.5 Å². The third kappa shape index (κ3) is 3.06. The molecule has 1 aromatic heterocycles. The van der Waals surface area contributed by atoms with Crippen molar-refractivity contribution in [3.05, 3.63) is 42.2 Å². The van der Waals surface area contributed by atoms with Gasteiger partial charge < -0.3 is 14.5 Å². The largest absolute Gasteiger partial charge is 0.360 e. The quantitative estimate of drug-likeness (QED) is 0.718. The second-order valence-corrected chi connectivity index (χ2v) is 8.36. The maximum Gasteiger partial charge on any atom is 0.230 e. The number of fused-ring (bicyclic) bond motifs is 1. The van der Waals surface area contributed by atoms with E-state index in [2.05, 4.69) is 18.8 Å². The van der Waals surface area contributed by atoms with Crippen molar-refractivity contribution in [1.82, 2.24) is 14.8 Å². The first-order chi connectivity index (χ1) is 12.9. The molecule has 2 amide bonds. The van der Waals surface area contributed by atoms with Gasteiger partial charge in [-0.1, -0.05) is 32.1 Å². The zero-order chi connectivity index (χ0) is 19.2. The number of likely N-dealkylation sites (tertiary alicyclic amines) is 1. The first-order valence-corrected chi connectivity index (χ1v) is 9.72. The van der Waals surface area contributed by atoms with Gasteiger partial charge in [0.1, 0.15) is 5.60 Å². The van der Waals surface area contributed by atoms with E-state index in [1.807, 2.05) is 35.3 Å². The summed E-state index contributed by atoms with van der Waals surface area (Å²) in [5.74, 6) is -0.294. The van der Waals surface area contributed by atoms with Gasteiger partial charge in [0.15, 0.2) is 0 Å².